The van der Waals surface area contributed by atoms with Gasteiger partial charge in [0.1, 0.15) is 0 Å². The van der Waals surface area contributed by atoms with Crippen LogP contribution in [0.5, 0.6) is 0 Å². The molecular formula is C20H20N4O4S. The van der Waals surface area contributed by atoms with Crippen LogP contribution in [0, 0.1) is 0 Å². The average molecular weight is 412 g/mol. The first-order valence-corrected chi connectivity index (χ1v) is 10.7. The summed E-state index contributed by atoms with van der Waals surface area (Å²) >= 11 is 0. The maximum Gasteiger partial charge on any atom is 0.287 e. The van der Waals surface area contributed by atoms with Crippen LogP contribution in [0.15, 0.2) is 52.2 Å². The minimum absolute atomic E-state index is 0.0455. The van der Waals surface area contributed by atoms with Crippen molar-refractivity contribution in [3.63, 3.8) is 0 Å². The second-order valence-corrected chi connectivity index (χ2v) is 8.70. The molecule has 0 aliphatic heterocycles. The first kappa shape index (κ1) is 19.3. The van der Waals surface area contributed by atoms with Crippen molar-refractivity contribution in [1.29, 1.82) is 0 Å². The van der Waals surface area contributed by atoms with Gasteiger partial charge in [0.05, 0.1) is 10.3 Å². The Labute approximate surface area is 167 Å². The first-order chi connectivity index (χ1) is 13.9. The smallest absolute Gasteiger partial charge is 0.272 e. The van der Waals surface area contributed by atoms with E-state index in [1.54, 1.807) is 36.4 Å². The third-order valence-corrected chi connectivity index (χ3v) is 6.35. The van der Waals surface area contributed by atoms with Gasteiger partial charge in [-0.1, -0.05) is 24.3 Å². The zero-order valence-electron chi connectivity index (χ0n) is 15.8. The standard InChI is InChI=1S/C20H20N4O4S/c1-24-20(26)17-9-5-4-8-16(17)18(22-24)19(25)21-23-29(27,28)15-11-10-13-6-2-3-7-14(13)12-15/h4-5,8-12,23H,2-3,6-7H2,1H3,(H,21,25). The van der Waals surface area contributed by atoms with Gasteiger partial charge in [-0.2, -0.15) is 5.10 Å². The van der Waals surface area contributed by atoms with E-state index in [1.165, 1.54) is 12.6 Å². The Bertz CT molecular complexity index is 1280. The average Bonchev–Trinajstić information content (AvgIpc) is 2.74. The Morgan fingerprint density at radius 1 is 1.03 bits per heavy atom. The van der Waals surface area contributed by atoms with Crippen LogP contribution < -0.4 is 15.8 Å². The highest BCUT2D eigenvalue weighted by Crippen LogP contribution is 2.24. The summed E-state index contributed by atoms with van der Waals surface area (Å²) in [7, 11) is -2.51. The molecule has 0 radical (unpaired) electrons. The van der Waals surface area contributed by atoms with E-state index in [0.717, 1.165) is 35.9 Å². The van der Waals surface area contributed by atoms with Crippen molar-refractivity contribution >= 4 is 26.7 Å². The lowest BCUT2D eigenvalue weighted by molar-refractivity contribution is 0.0940. The molecule has 1 amide bonds. The number of nitrogens with one attached hydrogen (secondary N) is 2. The maximum atomic E-state index is 12.6. The number of carbonyl (C=O) groups is 1. The number of aryl methyl sites for hydroxylation is 3. The Balaban J connectivity index is 1.59. The summed E-state index contributed by atoms with van der Waals surface area (Å²) in [6.07, 6.45) is 3.93. The summed E-state index contributed by atoms with van der Waals surface area (Å²) in [6.45, 7) is 0. The molecule has 2 aromatic carbocycles. The Morgan fingerprint density at radius 2 is 1.72 bits per heavy atom. The van der Waals surface area contributed by atoms with E-state index in [9.17, 15) is 18.0 Å². The third-order valence-electron chi connectivity index (χ3n) is 5.10. The maximum absolute atomic E-state index is 12.6. The van der Waals surface area contributed by atoms with Crippen LogP contribution in [-0.4, -0.2) is 24.1 Å². The molecule has 0 atom stereocenters. The second-order valence-electron chi connectivity index (χ2n) is 7.02. The monoisotopic (exact) mass is 412 g/mol. The number of hydrazine groups is 1. The molecule has 1 aliphatic carbocycles. The molecule has 1 aliphatic rings. The van der Waals surface area contributed by atoms with Crippen LogP contribution in [0.4, 0.5) is 0 Å². The van der Waals surface area contributed by atoms with E-state index in [4.69, 9.17) is 0 Å². The fraction of sp³-hybridized carbons (Fsp3) is 0.250. The van der Waals surface area contributed by atoms with Gasteiger partial charge < -0.3 is 0 Å². The molecule has 8 nitrogen and oxygen atoms in total. The minimum Gasteiger partial charge on any atom is -0.272 e. The highest BCUT2D eigenvalue weighted by atomic mass is 32.2. The normalized spacial score (nSPS) is 13.8. The number of benzene rings is 2. The molecule has 1 aromatic heterocycles. The second kappa shape index (κ2) is 7.41. The molecule has 0 saturated carbocycles. The van der Waals surface area contributed by atoms with Crippen molar-refractivity contribution < 1.29 is 13.2 Å². The van der Waals surface area contributed by atoms with Gasteiger partial charge in [-0.25, -0.2) is 13.1 Å². The number of carbonyl (C=O) groups excluding carboxylic acids is 1. The lowest BCUT2D eigenvalue weighted by atomic mass is 9.92. The topological polar surface area (TPSA) is 110 Å². The number of hydrogen-bond donors (Lipinski definition) is 2. The van der Waals surface area contributed by atoms with Gasteiger partial charge in [0.25, 0.3) is 21.5 Å². The van der Waals surface area contributed by atoms with Crippen LogP contribution in [0.2, 0.25) is 0 Å². The van der Waals surface area contributed by atoms with Gasteiger partial charge in [-0.05, 0) is 55.0 Å². The highest BCUT2D eigenvalue weighted by Gasteiger charge is 2.21. The van der Waals surface area contributed by atoms with Gasteiger partial charge in [-0.15, -0.1) is 4.83 Å². The van der Waals surface area contributed by atoms with E-state index in [1.807, 2.05) is 6.07 Å². The number of fused-ring (bicyclic) bond motifs is 2. The molecule has 150 valence electrons. The van der Waals surface area contributed by atoms with Crippen molar-refractivity contribution in [1.82, 2.24) is 20.0 Å². The molecule has 9 heteroatoms. The quantitative estimate of drug-likeness (QED) is 0.630. The fourth-order valence-corrected chi connectivity index (χ4v) is 4.47. The molecule has 0 unspecified atom stereocenters. The van der Waals surface area contributed by atoms with Crippen LogP contribution in [-0.2, 0) is 29.9 Å². The number of amides is 1. The summed E-state index contributed by atoms with van der Waals surface area (Å²) in [6, 6.07) is 11.6. The first-order valence-electron chi connectivity index (χ1n) is 9.27. The predicted molar refractivity (Wildman–Crippen MR) is 108 cm³/mol. The summed E-state index contributed by atoms with van der Waals surface area (Å²) < 4.78 is 26.3. The van der Waals surface area contributed by atoms with E-state index in [2.05, 4.69) is 15.4 Å². The molecule has 29 heavy (non-hydrogen) atoms. The van der Waals surface area contributed by atoms with Crippen LogP contribution >= 0.6 is 0 Å². The zero-order valence-corrected chi connectivity index (χ0v) is 16.6. The van der Waals surface area contributed by atoms with Crippen molar-refractivity contribution in [3.05, 3.63) is 69.6 Å². The lowest BCUT2D eigenvalue weighted by Gasteiger charge is -2.17. The largest absolute Gasteiger partial charge is 0.287 e. The molecule has 2 N–H and O–H groups in total. The lowest BCUT2D eigenvalue weighted by Crippen LogP contribution is -2.42. The Morgan fingerprint density at radius 3 is 2.48 bits per heavy atom. The Kier molecular flexibility index (Phi) is 4.93. The molecule has 3 aromatic rings. The van der Waals surface area contributed by atoms with E-state index < -0.39 is 15.9 Å². The molecule has 0 saturated heterocycles. The molecule has 1 heterocycles. The van der Waals surface area contributed by atoms with E-state index in [0.29, 0.717) is 10.8 Å². The van der Waals surface area contributed by atoms with Gasteiger partial charge in [0.15, 0.2) is 5.69 Å². The third kappa shape index (κ3) is 3.66. The van der Waals surface area contributed by atoms with Crippen molar-refractivity contribution in [3.8, 4) is 0 Å². The van der Waals surface area contributed by atoms with Gasteiger partial charge in [0, 0.05) is 12.4 Å². The van der Waals surface area contributed by atoms with Gasteiger partial charge in [-0.3, -0.25) is 15.0 Å². The number of nitrogens with zero attached hydrogens (tertiary/aromatic N) is 2. The zero-order chi connectivity index (χ0) is 20.6. The minimum atomic E-state index is -3.95. The van der Waals surface area contributed by atoms with Crippen LogP contribution in [0.3, 0.4) is 0 Å². The number of aromatic nitrogens is 2. The number of rotatable bonds is 4. The summed E-state index contributed by atoms with van der Waals surface area (Å²) in [5, 5.41) is 4.66. The molecule has 0 spiro atoms. The van der Waals surface area contributed by atoms with Crippen LogP contribution in [0.1, 0.15) is 34.5 Å². The fourth-order valence-electron chi connectivity index (χ4n) is 3.58. The van der Waals surface area contributed by atoms with Gasteiger partial charge in [0.2, 0.25) is 0 Å². The highest BCUT2D eigenvalue weighted by molar-refractivity contribution is 7.89. The molecule has 4 rings (SSSR count). The predicted octanol–water partition coefficient (Wildman–Crippen LogP) is 1.44. The number of hydrogen-bond acceptors (Lipinski definition) is 5. The molecule has 0 bridgehead atoms. The Hall–Kier alpha value is -3.04. The molecule has 0 fully saturated rings. The van der Waals surface area contributed by atoms with Crippen molar-refractivity contribution in [2.75, 3.05) is 0 Å². The van der Waals surface area contributed by atoms with Crippen molar-refractivity contribution in [2.24, 2.45) is 7.05 Å². The van der Waals surface area contributed by atoms with E-state index >= 15 is 0 Å². The SMILES string of the molecule is Cn1nc(C(=O)NNS(=O)(=O)c2ccc3c(c2)CCCC3)c2ccccc2c1=O. The van der Waals surface area contributed by atoms with Crippen molar-refractivity contribution in [2.45, 2.75) is 30.6 Å². The summed E-state index contributed by atoms with van der Waals surface area (Å²) in [5.41, 5.74) is 4.01. The van der Waals surface area contributed by atoms with Gasteiger partial charge >= 0.3 is 0 Å². The summed E-state index contributed by atoms with van der Waals surface area (Å²) in [5.74, 6) is -0.752. The molecular weight excluding hydrogens is 392 g/mol. The van der Waals surface area contributed by atoms with Crippen LogP contribution in [0.25, 0.3) is 10.8 Å². The van der Waals surface area contributed by atoms with E-state index in [-0.39, 0.29) is 16.1 Å². The number of sulfonamides is 1. The summed E-state index contributed by atoms with van der Waals surface area (Å²) in [4.78, 5) is 27.0.